The van der Waals surface area contributed by atoms with Gasteiger partial charge in [-0.3, -0.25) is 4.79 Å². The van der Waals surface area contributed by atoms with E-state index in [1.807, 2.05) is 0 Å². The second-order valence-corrected chi connectivity index (χ2v) is 8.89. The summed E-state index contributed by atoms with van der Waals surface area (Å²) < 4.78 is 0. The smallest absolute Gasteiger partial charge is 0.220 e. The van der Waals surface area contributed by atoms with E-state index in [2.05, 4.69) is 35.6 Å². The van der Waals surface area contributed by atoms with Crippen molar-refractivity contribution in [1.82, 2.24) is 5.32 Å². The van der Waals surface area contributed by atoms with E-state index in [0.717, 1.165) is 50.0 Å². The topological polar surface area (TPSA) is 29.1 Å². The first-order valence-electron chi connectivity index (χ1n) is 10.0. The molecule has 1 N–H and O–H groups in total. The van der Waals surface area contributed by atoms with Crippen LogP contribution in [0, 0.1) is 23.2 Å². The van der Waals surface area contributed by atoms with E-state index in [9.17, 15) is 4.79 Å². The number of rotatable bonds is 7. The monoisotopic (exact) mass is 325 g/mol. The Morgan fingerprint density at radius 2 is 1.58 bits per heavy atom. The first-order chi connectivity index (χ1) is 11.7. The van der Waals surface area contributed by atoms with E-state index in [-0.39, 0.29) is 0 Å². The molecule has 0 spiro atoms. The SMILES string of the molecule is O=C(CC12CC3CC(CC(C3)C1)C2)NCCCCc1ccccc1. The molecule has 0 unspecified atom stereocenters. The van der Waals surface area contributed by atoms with Gasteiger partial charge in [0.15, 0.2) is 0 Å². The Morgan fingerprint density at radius 3 is 2.21 bits per heavy atom. The average molecular weight is 325 g/mol. The number of hydrogen-bond donors (Lipinski definition) is 1. The van der Waals surface area contributed by atoms with Crippen LogP contribution in [0.3, 0.4) is 0 Å². The molecule has 4 fully saturated rings. The molecular formula is C22H31NO. The Hall–Kier alpha value is -1.31. The molecular weight excluding hydrogens is 294 g/mol. The van der Waals surface area contributed by atoms with E-state index in [1.54, 1.807) is 0 Å². The number of carbonyl (C=O) groups excluding carboxylic acids is 1. The van der Waals surface area contributed by atoms with Crippen LogP contribution in [0.4, 0.5) is 0 Å². The maximum absolute atomic E-state index is 12.4. The Morgan fingerprint density at radius 1 is 0.958 bits per heavy atom. The third kappa shape index (κ3) is 3.68. The summed E-state index contributed by atoms with van der Waals surface area (Å²) in [5.74, 6) is 3.14. The number of unbranched alkanes of at least 4 members (excludes halogenated alkanes) is 1. The normalized spacial score (nSPS) is 33.6. The zero-order chi connectivity index (χ0) is 16.4. The summed E-state index contributed by atoms with van der Waals surface area (Å²) in [6.07, 6.45) is 12.5. The van der Waals surface area contributed by atoms with Gasteiger partial charge in [-0.05, 0) is 86.5 Å². The van der Waals surface area contributed by atoms with Crippen molar-refractivity contribution >= 4 is 5.91 Å². The Kier molecular flexibility index (Phi) is 4.65. The van der Waals surface area contributed by atoms with E-state index in [0.29, 0.717) is 11.3 Å². The molecule has 0 radical (unpaired) electrons. The van der Waals surface area contributed by atoms with E-state index < -0.39 is 0 Å². The lowest BCUT2D eigenvalue weighted by Gasteiger charge is -2.56. The van der Waals surface area contributed by atoms with Crippen LogP contribution in [-0.4, -0.2) is 12.5 Å². The molecule has 24 heavy (non-hydrogen) atoms. The number of amides is 1. The van der Waals surface area contributed by atoms with Crippen LogP contribution in [0.5, 0.6) is 0 Å². The minimum absolute atomic E-state index is 0.316. The van der Waals surface area contributed by atoms with Gasteiger partial charge in [-0.15, -0.1) is 0 Å². The van der Waals surface area contributed by atoms with Crippen LogP contribution >= 0.6 is 0 Å². The average Bonchev–Trinajstić information content (AvgIpc) is 2.53. The van der Waals surface area contributed by atoms with Crippen LogP contribution in [0.1, 0.15) is 63.4 Å². The maximum Gasteiger partial charge on any atom is 0.220 e. The fourth-order valence-electron chi connectivity index (χ4n) is 6.24. The highest BCUT2D eigenvalue weighted by atomic mass is 16.1. The van der Waals surface area contributed by atoms with Gasteiger partial charge in [0.05, 0.1) is 0 Å². The van der Waals surface area contributed by atoms with Crippen molar-refractivity contribution in [2.45, 2.75) is 64.2 Å². The fourth-order valence-corrected chi connectivity index (χ4v) is 6.24. The molecule has 2 nitrogen and oxygen atoms in total. The van der Waals surface area contributed by atoms with Crippen LogP contribution < -0.4 is 5.32 Å². The van der Waals surface area contributed by atoms with Crippen molar-refractivity contribution in [3.8, 4) is 0 Å². The third-order valence-corrected chi connectivity index (χ3v) is 6.76. The lowest BCUT2D eigenvalue weighted by atomic mass is 9.49. The number of benzene rings is 1. The molecule has 4 aliphatic carbocycles. The van der Waals surface area contributed by atoms with Gasteiger partial charge < -0.3 is 5.32 Å². The fraction of sp³-hybridized carbons (Fsp3) is 0.682. The van der Waals surface area contributed by atoms with Crippen LogP contribution in [0.2, 0.25) is 0 Å². The van der Waals surface area contributed by atoms with Gasteiger partial charge in [0.2, 0.25) is 5.91 Å². The molecule has 0 atom stereocenters. The molecule has 1 amide bonds. The zero-order valence-electron chi connectivity index (χ0n) is 14.8. The molecule has 5 rings (SSSR count). The number of hydrogen-bond acceptors (Lipinski definition) is 1. The predicted molar refractivity (Wildman–Crippen MR) is 97.6 cm³/mol. The Bertz CT molecular complexity index is 529. The standard InChI is InChI=1S/C22H31NO/c24-21(23-9-5-4-8-17-6-2-1-3-7-17)16-22-13-18-10-19(14-22)12-20(11-18)15-22/h1-3,6-7,18-20H,4-5,8-16H2,(H,23,24). The molecule has 2 heteroatoms. The summed E-state index contributed by atoms with van der Waals surface area (Å²) in [4.78, 5) is 12.4. The molecule has 1 aromatic carbocycles. The quantitative estimate of drug-likeness (QED) is 0.721. The van der Waals surface area contributed by atoms with Crippen molar-refractivity contribution in [3.05, 3.63) is 35.9 Å². The van der Waals surface area contributed by atoms with E-state index in [4.69, 9.17) is 0 Å². The summed E-state index contributed by atoms with van der Waals surface area (Å²) in [5, 5.41) is 3.20. The van der Waals surface area contributed by atoms with Crippen LogP contribution in [-0.2, 0) is 11.2 Å². The largest absolute Gasteiger partial charge is 0.356 e. The molecule has 1 aromatic rings. The minimum atomic E-state index is 0.316. The van der Waals surface area contributed by atoms with Crippen LogP contribution in [0.15, 0.2) is 30.3 Å². The molecule has 4 aliphatic rings. The number of aryl methyl sites for hydroxylation is 1. The van der Waals surface area contributed by atoms with Crippen molar-refractivity contribution in [1.29, 1.82) is 0 Å². The zero-order valence-corrected chi connectivity index (χ0v) is 14.8. The first-order valence-corrected chi connectivity index (χ1v) is 10.0. The summed E-state index contributed by atoms with van der Waals surface area (Å²) in [7, 11) is 0. The lowest BCUT2D eigenvalue weighted by Crippen LogP contribution is -2.48. The van der Waals surface area contributed by atoms with E-state index in [1.165, 1.54) is 44.1 Å². The van der Waals surface area contributed by atoms with Gasteiger partial charge in [-0.2, -0.15) is 0 Å². The molecule has 0 aliphatic heterocycles. The number of nitrogens with one attached hydrogen (secondary N) is 1. The summed E-state index contributed by atoms with van der Waals surface area (Å²) in [5.41, 5.74) is 1.78. The van der Waals surface area contributed by atoms with Gasteiger partial charge in [-0.25, -0.2) is 0 Å². The highest BCUT2D eigenvalue weighted by Gasteiger charge is 2.51. The summed E-state index contributed by atoms with van der Waals surface area (Å²) in [6, 6.07) is 10.6. The van der Waals surface area contributed by atoms with Crippen LogP contribution in [0.25, 0.3) is 0 Å². The summed E-state index contributed by atoms with van der Waals surface area (Å²) >= 11 is 0. The Labute approximate surface area is 146 Å². The van der Waals surface area contributed by atoms with Gasteiger partial charge in [0.1, 0.15) is 0 Å². The molecule has 4 saturated carbocycles. The van der Waals surface area contributed by atoms with Crippen molar-refractivity contribution in [3.63, 3.8) is 0 Å². The second kappa shape index (κ2) is 6.90. The van der Waals surface area contributed by atoms with Gasteiger partial charge in [0.25, 0.3) is 0 Å². The molecule has 0 saturated heterocycles. The molecule has 130 valence electrons. The number of carbonyl (C=O) groups is 1. The van der Waals surface area contributed by atoms with Gasteiger partial charge in [0, 0.05) is 13.0 Å². The summed E-state index contributed by atoms with van der Waals surface area (Å²) in [6.45, 7) is 0.845. The second-order valence-electron chi connectivity index (χ2n) is 8.89. The predicted octanol–water partition coefficient (Wildman–Crippen LogP) is 4.73. The minimum Gasteiger partial charge on any atom is -0.356 e. The van der Waals surface area contributed by atoms with Gasteiger partial charge in [-0.1, -0.05) is 30.3 Å². The third-order valence-electron chi connectivity index (χ3n) is 6.76. The molecule has 0 aromatic heterocycles. The highest BCUT2D eigenvalue weighted by molar-refractivity contribution is 5.76. The van der Waals surface area contributed by atoms with Crippen molar-refractivity contribution in [2.24, 2.45) is 23.2 Å². The molecule has 0 heterocycles. The lowest BCUT2D eigenvalue weighted by molar-refractivity contribution is -0.129. The van der Waals surface area contributed by atoms with Gasteiger partial charge >= 0.3 is 0 Å². The van der Waals surface area contributed by atoms with Crippen molar-refractivity contribution in [2.75, 3.05) is 6.54 Å². The van der Waals surface area contributed by atoms with E-state index >= 15 is 0 Å². The maximum atomic E-state index is 12.4. The highest BCUT2D eigenvalue weighted by Crippen LogP contribution is 2.61. The van der Waals surface area contributed by atoms with Crippen molar-refractivity contribution < 1.29 is 4.79 Å². The molecule has 4 bridgehead atoms. The first kappa shape index (κ1) is 16.2. The Balaban J connectivity index is 1.18.